The van der Waals surface area contributed by atoms with Gasteiger partial charge in [0.05, 0.1) is 0 Å². The minimum absolute atomic E-state index is 0.333. The van der Waals surface area contributed by atoms with E-state index in [1.165, 1.54) is 18.9 Å². The van der Waals surface area contributed by atoms with Crippen molar-refractivity contribution in [1.82, 2.24) is 0 Å². The van der Waals surface area contributed by atoms with Gasteiger partial charge in [-0.15, -0.1) is 0 Å². The second kappa shape index (κ2) is 10.6. The van der Waals surface area contributed by atoms with Gasteiger partial charge < -0.3 is 9.47 Å². The highest BCUT2D eigenvalue weighted by molar-refractivity contribution is 5.81. The Hall–Kier alpha value is -1.58. The van der Waals surface area contributed by atoms with Crippen molar-refractivity contribution in [2.45, 2.75) is 51.7 Å². The normalized spacial score (nSPS) is 11.4. The van der Waals surface area contributed by atoms with E-state index >= 15 is 0 Å². The molecule has 0 aliphatic heterocycles. The van der Waals surface area contributed by atoms with Gasteiger partial charge in [-0.2, -0.15) is 0 Å². The van der Waals surface area contributed by atoms with Gasteiger partial charge >= 0.3 is 11.9 Å². The molecule has 4 heteroatoms. The minimum Gasteiger partial charge on any atom is -0.421 e. The van der Waals surface area contributed by atoms with E-state index in [4.69, 9.17) is 9.47 Å². The Labute approximate surface area is 109 Å². The molecule has 18 heavy (non-hydrogen) atoms. The van der Waals surface area contributed by atoms with Crippen LogP contribution < -0.4 is 0 Å². The van der Waals surface area contributed by atoms with Gasteiger partial charge in [-0.05, 0) is 12.5 Å². The first kappa shape index (κ1) is 16.4. The van der Waals surface area contributed by atoms with Gasteiger partial charge in [0.15, 0.2) is 0 Å². The summed E-state index contributed by atoms with van der Waals surface area (Å²) in [5, 5.41) is 0. The van der Waals surface area contributed by atoms with Crippen molar-refractivity contribution in [3.05, 3.63) is 25.3 Å². The SMILES string of the molecule is C=CC(=O)OC(C=C)OC(=O)CCCCCCC. The van der Waals surface area contributed by atoms with Gasteiger partial charge in [0.1, 0.15) is 0 Å². The highest BCUT2D eigenvalue weighted by atomic mass is 16.7. The maximum Gasteiger partial charge on any atom is 0.333 e. The molecule has 0 radical (unpaired) electrons. The van der Waals surface area contributed by atoms with Gasteiger partial charge in [-0.1, -0.05) is 45.8 Å². The van der Waals surface area contributed by atoms with Crippen molar-refractivity contribution in [3.8, 4) is 0 Å². The lowest BCUT2D eigenvalue weighted by Crippen LogP contribution is -2.21. The average Bonchev–Trinajstić information content (AvgIpc) is 2.37. The lowest BCUT2D eigenvalue weighted by Gasteiger charge is -2.13. The minimum atomic E-state index is -1.03. The summed E-state index contributed by atoms with van der Waals surface area (Å²) in [5.41, 5.74) is 0. The predicted molar refractivity (Wildman–Crippen MR) is 69.7 cm³/mol. The van der Waals surface area contributed by atoms with Gasteiger partial charge in [0, 0.05) is 12.5 Å². The Morgan fingerprint density at radius 3 is 2.33 bits per heavy atom. The summed E-state index contributed by atoms with van der Waals surface area (Å²) in [4.78, 5) is 22.3. The molecule has 102 valence electrons. The molecule has 0 aromatic rings. The monoisotopic (exact) mass is 254 g/mol. The van der Waals surface area contributed by atoms with Crippen LogP contribution in [0.1, 0.15) is 45.4 Å². The van der Waals surface area contributed by atoms with Crippen molar-refractivity contribution in [1.29, 1.82) is 0 Å². The van der Waals surface area contributed by atoms with Crippen LogP contribution in [-0.4, -0.2) is 18.2 Å². The number of hydrogen-bond acceptors (Lipinski definition) is 4. The molecular formula is C14H22O4. The third-order valence-electron chi connectivity index (χ3n) is 2.32. The van der Waals surface area contributed by atoms with Crippen LogP contribution in [0.15, 0.2) is 25.3 Å². The fourth-order valence-electron chi connectivity index (χ4n) is 1.34. The van der Waals surface area contributed by atoms with Crippen LogP contribution in [0.4, 0.5) is 0 Å². The second-order valence-corrected chi connectivity index (χ2v) is 3.90. The van der Waals surface area contributed by atoms with Crippen LogP contribution in [0.25, 0.3) is 0 Å². The number of esters is 2. The summed E-state index contributed by atoms with van der Waals surface area (Å²) < 4.78 is 9.68. The Morgan fingerprint density at radius 1 is 1.11 bits per heavy atom. The molecule has 4 nitrogen and oxygen atoms in total. The highest BCUT2D eigenvalue weighted by Gasteiger charge is 2.13. The zero-order valence-corrected chi connectivity index (χ0v) is 11.0. The first-order valence-corrected chi connectivity index (χ1v) is 6.29. The quantitative estimate of drug-likeness (QED) is 0.197. The number of rotatable bonds is 10. The maximum atomic E-state index is 11.4. The summed E-state index contributed by atoms with van der Waals surface area (Å²) in [6, 6.07) is 0. The first-order chi connectivity index (χ1) is 8.63. The fourth-order valence-corrected chi connectivity index (χ4v) is 1.34. The van der Waals surface area contributed by atoms with Crippen molar-refractivity contribution in [3.63, 3.8) is 0 Å². The van der Waals surface area contributed by atoms with E-state index in [2.05, 4.69) is 20.1 Å². The molecule has 0 aromatic carbocycles. The summed E-state index contributed by atoms with van der Waals surface area (Å²) in [5.74, 6) is -1.02. The zero-order valence-electron chi connectivity index (χ0n) is 11.0. The number of ether oxygens (including phenoxy) is 2. The molecule has 0 aromatic heterocycles. The molecule has 0 fully saturated rings. The topological polar surface area (TPSA) is 52.6 Å². The average molecular weight is 254 g/mol. The highest BCUT2D eigenvalue weighted by Crippen LogP contribution is 2.07. The molecule has 1 atom stereocenters. The molecule has 0 aliphatic carbocycles. The van der Waals surface area contributed by atoms with Crippen LogP contribution >= 0.6 is 0 Å². The molecular weight excluding hydrogens is 232 g/mol. The van der Waals surface area contributed by atoms with E-state index in [1.807, 2.05) is 0 Å². The lowest BCUT2D eigenvalue weighted by atomic mass is 10.1. The van der Waals surface area contributed by atoms with Crippen molar-refractivity contribution in [2.75, 3.05) is 0 Å². The Morgan fingerprint density at radius 2 is 1.78 bits per heavy atom. The molecule has 0 N–H and O–H groups in total. The van der Waals surface area contributed by atoms with E-state index in [1.54, 1.807) is 0 Å². The van der Waals surface area contributed by atoms with E-state index in [0.29, 0.717) is 6.42 Å². The lowest BCUT2D eigenvalue weighted by molar-refractivity contribution is -0.176. The van der Waals surface area contributed by atoms with Gasteiger partial charge in [0.2, 0.25) is 0 Å². The van der Waals surface area contributed by atoms with Gasteiger partial charge in [-0.3, -0.25) is 4.79 Å². The number of carbonyl (C=O) groups is 2. The zero-order chi connectivity index (χ0) is 13.8. The van der Waals surface area contributed by atoms with Gasteiger partial charge in [0.25, 0.3) is 6.29 Å². The fraction of sp³-hybridized carbons (Fsp3) is 0.571. The Bertz CT molecular complexity index is 284. The smallest absolute Gasteiger partial charge is 0.333 e. The predicted octanol–water partition coefficient (Wildman–Crippen LogP) is 3.13. The summed E-state index contributed by atoms with van der Waals surface area (Å²) >= 11 is 0. The Balaban J connectivity index is 3.79. The maximum absolute atomic E-state index is 11.4. The molecule has 0 bridgehead atoms. The van der Waals surface area contributed by atoms with Crippen LogP contribution in [0.3, 0.4) is 0 Å². The van der Waals surface area contributed by atoms with Crippen molar-refractivity contribution >= 4 is 11.9 Å². The molecule has 1 unspecified atom stereocenters. The summed E-state index contributed by atoms with van der Waals surface area (Å²) in [7, 11) is 0. The van der Waals surface area contributed by atoms with Crippen LogP contribution in [-0.2, 0) is 19.1 Å². The number of carbonyl (C=O) groups excluding carboxylic acids is 2. The van der Waals surface area contributed by atoms with Crippen LogP contribution in [0, 0.1) is 0 Å². The molecule has 0 saturated heterocycles. The third-order valence-corrected chi connectivity index (χ3v) is 2.32. The second-order valence-electron chi connectivity index (χ2n) is 3.90. The molecule has 0 rings (SSSR count). The molecule has 0 heterocycles. The van der Waals surface area contributed by atoms with E-state index in [9.17, 15) is 9.59 Å². The summed E-state index contributed by atoms with van der Waals surface area (Å²) in [6.45, 7) is 8.83. The summed E-state index contributed by atoms with van der Waals surface area (Å²) in [6.07, 6.45) is 6.85. The molecule has 0 spiro atoms. The molecule has 0 amide bonds. The van der Waals surface area contributed by atoms with E-state index in [0.717, 1.165) is 25.3 Å². The van der Waals surface area contributed by atoms with Gasteiger partial charge in [-0.25, -0.2) is 4.79 Å². The first-order valence-electron chi connectivity index (χ1n) is 6.29. The van der Waals surface area contributed by atoms with Crippen molar-refractivity contribution < 1.29 is 19.1 Å². The number of unbranched alkanes of at least 4 members (excludes halogenated alkanes) is 4. The standard InChI is InChI=1S/C14H22O4/c1-4-7-8-9-10-11-13(16)18-14(6-3)17-12(15)5-2/h5-6,14H,2-4,7-11H2,1H3. The van der Waals surface area contributed by atoms with Crippen LogP contribution in [0.5, 0.6) is 0 Å². The van der Waals surface area contributed by atoms with E-state index in [-0.39, 0.29) is 5.97 Å². The number of hydrogen-bond donors (Lipinski definition) is 0. The van der Waals surface area contributed by atoms with Crippen LogP contribution in [0.2, 0.25) is 0 Å². The van der Waals surface area contributed by atoms with E-state index < -0.39 is 12.3 Å². The third kappa shape index (κ3) is 8.56. The Kier molecular flexibility index (Phi) is 9.64. The largest absolute Gasteiger partial charge is 0.421 e. The molecule has 0 aliphatic rings. The van der Waals surface area contributed by atoms with Crippen molar-refractivity contribution in [2.24, 2.45) is 0 Å². The molecule has 0 saturated carbocycles.